The maximum absolute atomic E-state index is 13.3. The third-order valence-electron chi connectivity index (χ3n) is 2.52. The van der Waals surface area contributed by atoms with Gasteiger partial charge in [0.15, 0.2) is 0 Å². The Morgan fingerprint density at radius 1 is 1.24 bits per heavy atom. The highest BCUT2D eigenvalue weighted by Crippen LogP contribution is 2.29. The molecule has 2 aromatic carbocycles. The van der Waals surface area contributed by atoms with E-state index in [-0.39, 0.29) is 16.5 Å². The number of benzene rings is 2. The normalized spacial score (nSPS) is 10.2. The fraction of sp³-hybridized carbons (Fsp3) is 0. The molecule has 0 spiro atoms. The predicted molar refractivity (Wildman–Crippen MR) is 71.5 cm³/mol. The summed E-state index contributed by atoms with van der Waals surface area (Å²) in [7, 11) is 0. The number of rotatable bonds is 4. The van der Waals surface area contributed by atoms with Gasteiger partial charge in [-0.25, -0.2) is 9.18 Å². The summed E-state index contributed by atoms with van der Waals surface area (Å²) in [5.41, 5.74) is -1.08. The Morgan fingerprint density at radius 3 is 2.43 bits per heavy atom. The van der Waals surface area contributed by atoms with Gasteiger partial charge in [-0.3, -0.25) is 10.1 Å². The van der Waals surface area contributed by atoms with Crippen LogP contribution in [0.25, 0.3) is 0 Å². The zero-order valence-corrected chi connectivity index (χ0v) is 11.0. The standard InChI is InChI=1S/C13H7ClFNO5/c14-10-3-1-8(6-11(10)15)21-7-2-4-12(16(19)20)9(5-7)13(17)18/h1-6H,(H,17,18). The Bertz CT molecular complexity index is 734. The number of hydrogen-bond donors (Lipinski definition) is 1. The summed E-state index contributed by atoms with van der Waals surface area (Å²) in [6.45, 7) is 0. The Morgan fingerprint density at radius 2 is 1.86 bits per heavy atom. The van der Waals surface area contributed by atoms with Crippen molar-refractivity contribution in [3.8, 4) is 11.5 Å². The third kappa shape index (κ3) is 3.26. The monoisotopic (exact) mass is 311 g/mol. The van der Waals surface area contributed by atoms with Crippen LogP contribution in [-0.2, 0) is 0 Å². The molecule has 2 aromatic rings. The number of ether oxygens (including phenoxy) is 1. The number of nitro groups is 1. The van der Waals surface area contributed by atoms with Crippen LogP contribution in [0.4, 0.5) is 10.1 Å². The molecule has 6 nitrogen and oxygen atoms in total. The second-order valence-electron chi connectivity index (χ2n) is 3.92. The molecule has 108 valence electrons. The number of nitrogens with zero attached hydrogens (tertiary/aromatic N) is 1. The van der Waals surface area contributed by atoms with Gasteiger partial charge in [0.1, 0.15) is 22.9 Å². The molecule has 0 unspecified atom stereocenters. The van der Waals surface area contributed by atoms with E-state index in [2.05, 4.69) is 0 Å². The van der Waals surface area contributed by atoms with Crippen molar-refractivity contribution in [2.75, 3.05) is 0 Å². The van der Waals surface area contributed by atoms with E-state index in [4.69, 9.17) is 21.4 Å². The molecule has 0 aliphatic heterocycles. The minimum Gasteiger partial charge on any atom is -0.477 e. The minimum atomic E-state index is -1.46. The molecule has 0 atom stereocenters. The van der Waals surface area contributed by atoms with Crippen molar-refractivity contribution in [2.24, 2.45) is 0 Å². The van der Waals surface area contributed by atoms with Crippen LogP contribution in [-0.4, -0.2) is 16.0 Å². The van der Waals surface area contributed by atoms with E-state index < -0.39 is 28.0 Å². The lowest BCUT2D eigenvalue weighted by Gasteiger charge is -2.07. The molecular formula is C13H7ClFNO5. The molecule has 0 bridgehead atoms. The molecule has 0 aromatic heterocycles. The number of carboxylic acids is 1. The summed E-state index contributed by atoms with van der Waals surface area (Å²) in [5, 5.41) is 19.6. The molecule has 0 saturated carbocycles. The van der Waals surface area contributed by atoms with Crippen LogP contribution >= 0.6 is 11.6 Å². The van der Waals surface area contributed by atoms with Gasteiger partial charge < -0.3 is 9.84 Å². The van der Waals surface area contributed by atoms with E-state index in [1.807, 2.05) is 0 Å². The zero-order valence-electron chi connectivity index (χ0n) is 10.2. The van der Waals surface area contributed by atoms with Crippen LogP contribution in [0.3, 0.4) is 0 Å². The summed E-state index contributed by atoms with van der Waals surface area (Å²) >= 11 is 5.52. The van der Waals surface area contributed by atoms with E-state index in [1.54, 1.807) is 0 Å². The van der Waals surface area contributed by atoms with Crippen molar-refractivity contribution >= 4 is 23.3 Å². The van der Waals surface area contributed by atoms with Gasteiger partial charge in [0, 0.05) is 18.2 Å². The minimum absolute atomic E-state index is 0.0275. The molecule has 0 saturated heterocycles. The number of nitro benzene ring substituents is 1. The second kappa shape index (κ2) is 5.76. The van der Waals surface area contributed by atoms with Crippen molar-refractivity contribution < 1.29 is 24.0 Å². The Labute approximate surface area is 122 Å². The largest absolute Gasteiger partial charge is 0.477 e. The maximum atomic E-state index is 13.3. The van der Waals surface area contributed by atoms with E-state index in [0.29, 0.717) is 0 Å². The number of carbonyl (C=O) groups is 1. The van der Waals surface area contributed by atoms with E-state index in [9.17, 15) is 19.3 Å². The van der Waals surface area contributed by atoms with Crippen molar-refractivity contribution in [2.45, 2.75) is 0 Å². The SMILES string of the molecule is O=C(O)c1cc(Oc2ccc(Cl)c(F)c2)ccc1[N+](=O)[O-]. The number of carboxylic acid groups (broad SMARTS) is 1. The number of hydrogen-bond acceptors (Lipinski definition) is 4. The Kier molecular flexibility index (Phi) is 4.04. The fourth-order valence-electron chi connectivity index (χ4n) is 1.59. The van der Waals surface area contributed by atoms with Crippen LogP contribution < -0.4 is 4.74 Å². The van der Waals surface area contributed by atoms with Gasteiger partial charge in [-0.1, -0.05) is 11.6 Å². The average molecular weight is 312 g/mol. The third-order valence-corrected chi connectivity index (χ3v) is 2.83. The Hall–Kier alpha value is -2.67. The quantitative estimate of drug-likeness (QED) is 0.683. The molecular weight excluding hydrogens is 305 g/mol. The lowest BCUT2D eigenvalue weighted by atomic mass is 10.1. The van der Waals surface area contributed by atoms with Gasteiger partial charge in [0.25, 0.3) is 5.69 Å². The van der Waals surface area contributed by atoms with E-state index in [1.165, 1.54) is 18.2 Å². The summed E-state index contributed by atoms with van der Waals surface area (Å²) < 4.78 is 18.5. The van der Waals surface area contributed by atoms with Crippen molar-refractivity contribution in [1.82, 2.24) is 0 Å². The molecule has 21 heavy (non-hydrogen) atoms. The van der Waals surface area contributed by atoms with Gasteiger partial charge >= 0.3 is 5.97 Å². The van der Waals surface area contributed by atoms with Gasteiger partial charge in [0.05, 0.1) is 9.95 Å². The molecule has 8 heteroatoms. The highest BCUT2D eigenvalue weighted by atomic mass is 35.5. The number of halogens is 2. The first-order chi connectivity index (χ1) is 9.88. The molecule has 0 aliphatic carbocycles. The zero-order chi connectivity index (χ0) is 15.6. The van der Waals surface area contributed by atoms with Gasteiger partial charge in [-0.2, -0.15) is 0 Å². The van der Waals surface area contributed by atoms with E-state index in [0.717, 1.165) is 18.2 Å². The fourth-order valence-corrected chi connectivity index (χ4v) is 1.70. The van der Waals surface area contributed by atoms with Crippen LogP contribution in [0.15, 0.2) is 36.4 Å². The van der Waals surface area contributed by atoms with Gasteiger partial charge in [0.2, 0.25) is 0 Å². The first-order valence-electron chi connectivity index (χ1n) is 5.53. The summed E-state index contributed by atoms with van der Waals surface area (Å²) in [4.78, 5) is 20.9. The van der Waals surface area contributed by atoms with Crippen LogP contribution in [0.1, 0.15) is 10.4 Å². The first-order valence-corrected chi connectivity index (χ1v) is 5.91. The van der Waals surface area contributed by atoms with Crippen LogP contribution in [0.2, 0.25) is 5.02 Å². The smallest absolute Gasteiger partial charge is 0.342 e. The molecule has 0 radical (unpaired) electrons. The van der Waals surface area contributed by atoms with Crippen molar-refractivity contribution in [3.63, 3.8) is 0 Å². The predicted octanol–water partition coefficient (Wildman–Crippen LogP) is 3.88. The van der Waals surface area contributed by atoms with E-state index >= 15 is 0 Å². The molecule has 0 aliphatic rings. The number of aromatic carboxylic acids is 1. The molecule has 0 amide bonds. The molecule has 1 N–H and O–H groups in total. The summed E-state index contributed by atoms with van der Waals surface area (Å²) in [6, 6.07) is 6.89. The van der Waals surface area contributed by atoms with Crippen LogP contribution in [0.5, 0.6) is 11.5 Å². The average Bonchev–Trinajstić information content (AvgIpc) is 2.42. The molecule has 0 heterocycles. The van der Waals surface area contributed by atoms with Crippen molar-refractivity contribution in [3.05, 3.63) is 62.9 Å². The second-order valence-corrected chi connectivity index (χ2v) is 4.33. The first kappa shape index (κ1) is 14.7. The van der Waals surface area contributed by atoms with Gasteiger partial charge in [-0.15, -0.1) is 0 Å². The lowest BCUT2D eigenvalue weighted by Crippen LogP contribution is -2.02. The summed E-state index contributed by atoms with van der Waals surface area (Å²) in [5.74, 6) is -2.05. The van der Waals surface area contributed by atoms with Crippen molar-refractivity contribution in [1.29, 1.82) is 0 Å². The maximum Gasteiger partial charge on any atom is 0.342 e. The highest BCUT2D eigenvalue weighted by Gasteiger charge is 2.20. The molecule has 0 fully saturated rings. The molecule has 2 rings (SSSR count). The lowest BCUT2D eigenvalue weighted by molar-refractivity contribution is -0.385. The summed E-state index contributed by atoms with van der Waals surface area (Å²) in [6.07, 6.45) is 0. The highest BCUT2D eigenvalue weighted by molar-refractivity contribution is 6.30. The topological polar surface area (TPSA) is 89.7 Å². The van der Waals surface area contributed by atoms with Crippen LogP contribution in [0, 0.1) is 15.9 Å². The Balaban J connectivity index is 2.36. The van der Waals surface area contributed by atoms with Gasteiger partial charge in [-0.05, 0) is 18.2 Å².